The molecule has 1 N–H and O–H groups in total. The predicted molar refractivity (Wildman–Crippen MR) is 99.4 cm³/mol. The van der Waals surface area contributed by atoms with Crippen LogP contribution in [0.25, 0.3) is 0 Å². The van der Waals surface area contributed by atoms with Crippen molar-refractivity contribution in [3.05, 3.63) is 65.5 Å². The van der Waals surface area contributed by atoms with E-state index in [-0.39, 0.29) is 11.7 Å². The molecule has 0 fully saturated rings. The topological polar surface area (TPSA) is 32.3 Å². The Labute approximate surface area is 148 Å². The zero-order valence-electron chi connectivity index (χ0n) is 15.1. The van der Waals surface area contributed by atoms with Gasteiger partial charge >= 0.3 is 0 Å². The van der Waals surface area contributed by atoms with E-state index >= 15 is 0 Å². The van der Waals surface area contributed by atoms with Crippen LogP contribution < -0.4 is 10.2 Å². The summed E-state index contributed by atoms with van der Waals surface area (Å²) in [6.07, 6.45) is 1.03. The summed E-state index contributed by atoms with van der Waals surface area (Å²) in [5, 5.41) is 2.98. The Morgan fingerprint density at radius 1 is 1.20 bits per heavy atom. The Bertz CT molecular complexity index is 772. The lowest BCUT2D eigenvalue weighted by molar-refractivity contribution is -0.125. The number of amides is 1. The van der Waals surface area contributed by atoms with Crippen molar-refractivity contribution in [2.75, 3.05) is 18.0 Å². The second kappa shape index (κ2) is 6.87. The number of benzene rings is 2. The first-order chi connectivity index (χ1) is 11.9. The third kappa shape index (κ3) is 3.39. The third-order valence-electron chi connectivity index (χ3n) is 5.10. The maximum Gasteiger partial charge on any atom is 0.230 e. The fraction of sp³-hybridized carbons (Fsp3) is 0.381. The van der Waals surface area contributed by atoms with Crippen molar-refractivity contribution in [2.24, 2.45) is 0 Å². The summed E-state index contributed by atoms with van der Waals surface area (Å²) < 4.78 is 14.0. The van der Waals surface area contributed by atoms with Crippen molar-refractivity contribution >= 4 is 11.6 Å². The number of hydrogen-bond donors (Lipinski definition) is 1. The highest BCUT2D eigenvalue weighted by atomic mass is 19.1. The number of nitrogens with one attached hydrogen (secondary N) is 1. The number of fused-ring (bicyclic) bond motifs is 1. The van der Waals surface area contributed by atoms with Crippen LogP contribution in [0.2, 0.25) is 0 Å². The molecule has 3 rings (SSSR count). The van der Waals surface area contributed by atoms with E-state index in [2.05, 4.69) is 35.3 Å². The zero-order chi connectivity index (χ0) is 18.0. The summed E-state index contributed by atoms with van der Waals surface area (Å²) in [5.74, 6) is -0.498. The van der Waals surface area contributed by atoms with E-state index in [0.717, 1.165) is 13.0 Å². The van der Waals surface area contributed by atoms with E-state index in [1.165, 1.54) is 17.3 Å². The molecule has 0 spiro atoms. The Morgan fingerprint density at radius 2 is 1.88 bits per heavy atom. The summed E-state index contributed by atoms with van der Waals surface area (Å²) in [4.78, 5) is 14.9. The van der Waals surface area contributed by atoms with Crippen LogP contribution in [-0.4, -0.2) is 25.0 Å². The fourth-order valence-electron chi connectivity index (χ4n) is 3.57. The van der Waals surface area contributed by atoms with Crippen LogP contribution >= 0.6 is 0 Å². The van der Waals surface area contributed by atoms with Crippen molar-refractivity contribution in [1.29, 1.82) is 0 Å². The molecule has 1 unspecified atom stereocenters. The van der Waals surface area contributed by atoms with Gasteiger partial charge in [0.15, 0.2) is 0 Å². The van der Waals surface area contributed by atoms with Crippen molar-refractivity contribution in [2.45, 2.75) is 38.6 Å². The SMILES string of the molecule is CC1Cc2ccccc2N1CCNC(=O)C(C)(C)c1ccccc1F. The molecule has 1 heterocycles. The average Bonchev–Trinajstić information content (AvgIpc) is 2.90. The number of para-hydroxylation sites is 1. The monoisotopic (exact) mass is 340 g/mol. The van der Waals surface area contributed by atoms with Crippen molar-refractivity contribution in [3.8, 4) is 0 Å². The number of rotatable bonds is 5. The number of hydrogen-bond acceptors (Lipinski definition) is 2. The molecule has 3 nitrogen and oxygen atoms in total. The number of carbonyl (C=O) groups excluding carboxylic acids is 1. The molecule has 0 bridgehead atoms. The summed E-state index contributed by atoms with van der Waals surface area (Å²) >= 11 is 0. The molecule has 0 saturated heterocycles. The lowest BCUT2D eigenvalue weighted by Gasteiger charge is -2.28. The first kappa shape index (κ1) is 17.5. The van der Waals surface area contributed by atoms with E-state index in [1.807, 2.05) is 6.07 Å². The van der Waals surface area contributed by atoms with Crippen LogP contribution in [0.15, 0.2) is 48.5 Å². The van der Waals surface area contributed by atoms with Crippen LogP contribution in [0.4, 0.5) is 10.1 Å². The summed E-state index contributed by atoms with van der Waals surface area (Å²) in [6.45, 7) is 7.00. The maximum atomic E-state index is 14.0. The van der Waals surface area contributed by atoms with Crippen LogP contribution in [0.1, 0.15) is 31.9 Å². The van der Waals surface area contributed by atoms with Gasteiger partial charge < -0.3 is 10.2 Å². The van der Waals surface area contributed by atoms with Crippen molar-refractivity contribution < 1.29 is 9.18 Å². The van der Waals surface area contributed by atoms with Crippen molar-refractivity contribution in [3.63, 3.8) is 0 Å². The third-order valence-corrected chi connectivity index (χ3v) is 5.10. The number of carbonyl (C=O) groups is 1. The second-order valence-corrected chi connectivity index (χ2v) is 7.24. The lowest BCUT2D eigenvalue weighted by Crippen LogP contribution is -2.44. The zero-order valence-corrected chi connectivity index (χ0v) is 15.1. The van der Waals surface area contributed by atoms with Gasteiger partial charge in [0.1, 0.15) is 5.82 Å². The van der Waals surface area contributed by atoms with E-state index in [4.69, 9.17) is 0 Å². The minimum Gasteiger partial charge on any atom is -0.367 e. The molecule has 0 radical (unpaired) electrons. The molecule has 1 aliphatic heterocycles. The van der Waals surface area contributed by atoms with Crippen LogP contribution in [0, 0.1) is 5.82 Å². The van der Waals surface area contributed by atoms with Gasteiger partial charge in [-0.2, -0.15) is 0 Å². The minimum atomic E-state index is -0.903. The van der Waals surface area contributed by atoms with Gasteiger partial charge in [-0.3, -0.25) is 4.79 Å². The second-order valence-electron chi connectivity index (χ2n) is 7.24. The molecule has 2 aromatic carbocycles. The lowest BCUT2D eigenvalue weighted by atomic mass is 9.83. The molecular weight excluding hydrogens is 315 g/mol. The molecule has 4 heteroatoms. The smallest absolute Gasteiger partial charge is 0.230 e. The van der Waals surface area contributed by atoms with Crippen LogP contribution in [-0.2, 0) is 16.6 Å². The number of nitrogens with zero attached hydrogens (tertiary/aromatic N) is 1. The molecule has 0 aromatic heterocycles. The highest BCUT2D eigenvalue weighted by Gasteiger charge is 2.32. The van der Waals surface area contributed by atoms with E-state index < -0.39 is 5.41 Å². The summed E-state index contributed by atoms with van der Waals surface area (Å²) in [7, 11) is 0. The van der Waals surface area contributed by atoms with Gasteiger partial charge in [0.2, 0.25) is 5.91 Å². The van der Waals surface area contributed by atoms with Gasteiger partial charge in [-0.05, 0) is 44.9 Å². The summed E-state index contributed by atoms with van der Waals surface area (Å²) in [5.41, 5.74) is 2.12. The molecular formula is C21H25FN2O. The Balaban J connectivity index is 1.62. The van der Waals surface area contributed by atoms with E-state index in [0.29, 0.717) is 18.2 Å². The average molecular weight is 340 g/mol. The standard InChI is InChI=1S/C21H25FN2O/c1-15-14-16-8-4-7-11-19(16)24(15)13-12-23-20(25)21(2,3)17-9-5-6-10-18(17)22/h4-11,15H,12-14H2,1-3H3,(H,23,25). The van der Waals surface area contributed by atoms with Gasteiger partial charge in [0.25, 0.3) is 0 Å². The summed E-state index contributed by atoms with van der Waals surface area (Å²) in [6, 6.07) is 15.3. The largest absolute Gasteiger partial charge is 0.367 e. The Kier molecular flexibility index (Phi) is 4.80. The molecule has 2 aromatic rings. The number of halogens is 1. The van der Waals surface area contributed by atoms with Gasteiger partial charge in [-0.15, -0.1) is 0 Å². The molecule has 132 valence electrons. The molecule has 0 aliphatic carbocycles. The molecule has 1 aliphatic rings. The highest BCUT2D eigenvalue weighted by Crippen LogP contribution is 2.31. The number of anilines is 1. The first-order valence-electron chi connectivity index (χ1n) is 8.79. The quantitative estimate of drug-likeness (QED) is 0.901. The predicted octanol–water partition coefficient (Wildman–Crippen LogP) is 3.67. The first-order valence-corrected chi connectivity index (χ1v) is 8.79. The van der Waals surface area contributed by atoms with Crippen LogP contribution in [0.3, 0.4) is 0 Å². The van der Waals surface area contributed by atoms with E-state index in [1.54, 1.807) is 32.0 Å². The molecule has 1 atom stereocenters. The Morgan fingerprint density at radius 3 is 2.64 bits per heavy atom. The molecule has 0 saturated carbocycles. The maximum absolute atomic E-state index is 14.0. The Hall–Kier alpha value is -2.36. The van der Waals surface area contributed by atoms with Gasteiger partial charge in [-0.1, -0.05) is 36.4 Å². The van der Waals surface area contributed by atoms with Gasteiger partial charge in [0, 0.05) is 30.4 Å². The minimum absolute atomic E-state index is 0.155. The normalized spacial score (nSPS) is 16.6. The molecule has 1 amide bonds. The van der Waals surface area contributed by atoms with Crippen molar-refractivity contribution in [1.82, 2.24) is 5.32 Å². The highest BCUT2D eigenvalue weighted by molar-refractivity contribution is 5.87. The van der Waals surface area contributed by atoms with Crippen LogP contribution in [0.5, 0.6) is 0 Å². The van der Waals surface area contributed by atoms with Gasteiger partial charge in [0.05, 0.1) is 5.41 Å². The molecule has 25 heavy (non-hydrogen) atoms. The van der Waals surface area contributed by atoms with E-state index in [9.17, 15) is 9.18 Å². The fourth-order valence-corrected chi connectivity index (χ4v) is 3.57. The van der Waals surface area contributed by atoms with Gasteiger partial charge in [-0.25, -0.2) is 4.39 Å².